The Kier molecular flexibility index (Phi) is 5.43. The quantitative estimate of drug-likeness (QED) is 0.871. The molecule has 1 aliphatic rings. The van der Waals surface area contributed by atoms with Gasteiger partial charge in [0, 0.05) is 44.7 Å². The molecule has 130 valence electrons. The summed E-state index contributed by atoms with van der Waals surface area (Å²) in [5.74, 6) is 2.19. The molecule has 6 heteroatoms. The average molecular weight is 349 g/mol. The summed E-state index contributed by atoms with van der Waals surface area (Å²) < 4.78 is 2.22. The van der Waals surface area contributed by atoms with E-state index < -0.39 is 0 Å². The summed E-state index contributed by atoms with van der Waals surface area (Å²) in [6, 6.07) is 8.04. The van der Waals surface area contributed by atoms with Crippen LogP contribution in [0.4, 0.5) is 5.82 Å². The molecule has 1 aromatic carbocycles. The van der Waals surface area contributed by atoms with E-state index >= 15 is 0 Å². The first-order chi connectivity index (χ1) is 11.6. The monoisotopic (exact) mass is 348 g/mol. The third kappa shape index (κ3) is 3.58. The fourth-order valence-corrected chi connectivity index (χ4v) is 3.40. The second-order valence-electron chi connectivity index (χ2n) is 6.31. The zero-order chi connectivity index (χ0) is 17.1. The van der Waals surface area contributed by atoms with E-state index in [4.69, 9.17) is 16.6 Å². The Labute approximate surface area is 148 Å². The normalized spacial score (nSPS) is 14.9. The number of nitrogens with zero attached hydrogens (tertiary/aromatic N) is 4. The van der Waals surface area contributed by atoms with Crippen LogP contribution in [-0.2, 0) is 26.6 Å². The third-order valence-electron chi connectivity index (χ3n) is 4.55. The summed E-state index contributed by atoms with van der Waals surface area (Å²) in [5, 5.41) is 9.97. The number of aryl methyl sites for hydroxylation is 1. The smallest absolute Gasteiger partial charge is 0.152 e. The molecule has 0 unspecified atom stereocenters. The topological polar surface area (TPSA) is 44.5 Å². The van der Waals surface area contributed by atoms with Crippen LogP contribution in [0.2, 0.25) is 5.02 Å². The molecule has 2 aromatic rings. The SMILES string of the molecule is CCc1nc2c(n1C)CN(Cc1ccc(Cl)cc1)CN2CCCO. The Morgan fingerprint density at radius 1 is 1.25 bits per heavy atom. The molecule has 0 saturated carbocycles. The van der Waals surface area contributed by atoms with Crippen molar-refractivity contribution >= 4 is 17.4 Å². The van der Waals surface area contributed by atoms with Gasteiger partial charge in [-0.3, -0.25) is 4.90 Å². The van der Waals surface area contributed by atoms with Gasteiger partial charge in [-0.2, -0.15) is 0 Å². The number of hydrogen-bond acceptors (Lipinski definition) is 4. The molecule has 0 fully saturated rings. The number of anilines is 1. The van der Waals surface area contributed by atoms with Crippen LogP contribution in [0, 0.1) is 0 Å². The molecular formula is C18H25ClN4O. The van der Waals surface area contributed by atoms with Crippen LogP contribution in [0.5, 0.6) is 0 Å². The number of rotatable bonds is 6. The van der Waals surface area contributed by atoms with Gasteiger partial charge >= 0.3 is 0 Å². The van der Waals surface area contributed by atoms with Gasteiger partial charge in [0.05, 0.1) is 12.4 Å². The predicted octanol–water partition coefficient (Wildman–Crippen LogP) is 2.80. The summed E-state index contributed by atoms with van der Waals surface area (Å²) in [6.07, 6.45) is 1.68. The molecule has 5 nitrogen and oxygen atoms in total. The summed E-state index contributed by atoms with van der Waals surface area (Å²) in [6.45, 7) is 5.75. The molecule has 0 radical (unpaired) electrons. The number of halogens is 1. The van der Waals surface area contributed by atoms with Crippen molar-refractivity contribution in [2.45, 2.75) is 32.9 Å². The van der Waals surface area contributed by atoms with Gasteiger partial charge in [0.15, 0.2) is 5.82 Å². The maximum absolute atomic E-state index is 9.20. The number of hydrogen-bond donors (Lipinski definition) is 1. The predicted molar refractivity (Wildman–Crippen MR) is 97.2 cm³/mol. The lowest BCUT2D eigenvalue weighted by Gasteiger charge is -2.36. The van der Waals surface area contributed by atoms with Gasteiger partial charge in [-0.05, 0) is 24.1 Å². The van der Waals surface area contributed by atoms with Crippen LogP contribution in [0.1, 0.15) is 30.4 Å². The molecular weight excluding hydrogens is 324 g/mol. The molecule has 2 heterocycles. The van der Waals surface area contributed by atoms with Crippen molar-refractivity contribution in [2.24, 2.45) is 7.05 Å². The lowest BCUT2D eigenvalue weighted by Crippen LogP contribution is -2.43. The number of fused-ring (bicyclic) bond motifs is 1. The van der Waals surface area contributed by atoms with Gasteiger partial charge in [0.2, 0.25) is 0 Å². The van der Waals surface area contributed by atoms with Gasteiger partial charge < -0.3 is 14.6 Å². The highest BCUT2D eigenvalue weighted by Crippen LogP contribution is 2.28. The van der Waals surface area contributed by atoms with E-state index in [2.05, 4.69) is 40.5 Å². The van der Waals surface area contributed by atoms with Gasteiger partial charge in [0.25, 0.3) is 0 Å². The minimum atomic E-state index is 0.205. The van der Waals surface area contributed by atoms with Crippen molar-refractivity contribution in [2.75, 3.05) is 24.7 Å². The molecule has 0 aliphatic carbocycles. The Morgan fingerprint density at radius 3 is 2.67 bits per heavy atom. The maximum Gasteiger partial charge on any atom is 0.152 e. The van der Waals surface area contributed by atoms with E-state index in [1.165, 1.54) is 11.3 Å². The fraction of sp³-hybridized carbons (Fsp3) is 0.500. The van der Waals surface area contributed by atoms with E-state index in [1.807, 2.05) is 12.1 Å². The number of aliphatic hydroxyl groups excluding tert-OH is 1. The molecule has 0 atom stereocenters. The van der Waals surface area contributed by atoms with E-state index in [0.29, 0.717) is 0 Å². The number of aliphatic hydroxyl groups is 1. The first-order valence-electron chi connectivity index (χ1n) is 8.49. The zero-order valence-electron chi connectivity index (χ0n) is 14.4. The van der Waals surface area contributed by atoms with Crippen molar-refractivity contribution in [1.29, 1.82) is 0 Å². The lowest BCUT2D eigenvalue weighted by molar-refractivity contribution is 0.230. The minimum absolute atomic E-state index is 0.205. The number of benzene rings is 1. The van der Waals surface area contributed by atoms with E-state index in [0.717, 1.165) is 55.8 Å². The highest BCUT2D eigenvalue weighted by molar-refractivity contribution is 6.30. The second-order valence-corrected chi connectivity index (χ2v) is 6.74. The van der Waals surface area contributed by atoms with Gasteiger partial charge in [-0.1, -0.05) is 30.7 Å². The lowest BCUT2D eigenvalue weighted by atomic mass is 10.2. The molecule has 0 bridgehead atoms. The minimum Gasteiger partial charge on any atom is -0.396 e. The fourth-order valence-electron chi connectivity index (χ4n) is 3.28. The number of aromatic nitrogens is 2. The largest absolute Gasteiger partial charge is 0.396 e. The van der Waals surface area contributed by atoms with E-state index in [-0.39, 0.29) is 6.61 Å². The van der Waals surface area contributed by atoms with Gasteiger partial charge in [0.1, 0.15) is 5.82 Å². The van der Waals surface area contributed by atoms with Crippen molar-refractivity contribution in [1.82, 2.24) is 14.5 Å². The van der Waals surface area contributed by atoms with Crippen LogP contribution in [0.3, 0.4) is 0 Å². The first kappa shape index (κ1) is 17.3. The average Bonchev–Trinajstić information content (AvgIpc) is 2.91. The van der Waals surface area contributed by atoms with Crippen LogP contribution in [0.15, 0.2) is 24.3 Å². The summed E-state index contributed by atoms with van der Waals surface area (Å²) in [5.41, 5.74) is 2.51. The Hall–Kier alpha value is -1.56. The molecule has 0 saturated heterocycles. The first-order valence-corrected chi connectivity index (χ1v) is 8.87. The summed E-state index contributed by atoms with van der Waals surface area (Å²) in [7, 11) is 2.10. The highest BCUT2D eigenvalue weighted by Gasteiger charge is 2.27. The molecule has 1 aliphatic heterocycles. The summed E-state index contributed by atoms with van der Waals surface area (Å²) >= 11 is 5.98. The highest BCUT2D eigenvalue weighted by atomic mass is 35.5. The molecule has 0 spiro atoms. The summed E-state index contributed by atoms with van der Waals surface area (Å²) in [4.78, 5) is 9.51. The van der Waals surface area contributed by atoms with Crippen LogP contribution >= 0.6 is 11.6 Å². The van der Waals surface area contributed by atoms with Crippen LogP contribution in [-0.4, -0.2) is 39.4 Å². The van der Waals surface area contributed by atoms with Gasteiger partial charge in [-0.15, -0.1) is 0 Å². The standard InChI is InChI=1S/C18H25ClN4O/c1-3-17-20-18-16(21(17)2)12-22(13-23(18)9-4-10-24)11-14-5-7-15(19)8-6-14/h5-8,24H,3-4,9-13H2,1-2H3. The molecule has 1 N–H and O–H groups in total. The van der Waals surface area contributed by atoms with Crippen molar-refractivity contribution in [3.63, 3.8) is 0 Å². The Balaban J connectivity index is 1.82. The molecule has 3 rings (SSSR count). The third-order valence-corrected chi connectivity index (χ3v) is 4.80. The second kappa shape index (κ2) is 7.55. The number of imidazole rings is 1. The Bertz CT molecular complexity index is 683. The zero-order valence-corrected chi connectivity index (χ0v) is 15.1. The van der Waals surface area contributed by atoms with Crippen molar-refractivity contribution < 1.29 is 5.11 Å². The van der Waals surface area contributed by atoms with Gasteiger partial charge in [-0.25, -0.2) is 4.98 Å². The van der Waals surface area contributed by atoms with E-state index in [1.54, 1.807) is 0 Å². The Morgan fingerprint density at radius 2 is 2.00 bits per heavy atom. The molecule has 1 aromatic heterocycles. The van der Waals surface area contributed by atoms with E-state index in [9.17, 15) is 5.11 Å². The van der Waals surface area contributed by atoms with Crippen molar-refractivity contribution in [3.05, 3.63) is 46.4 Å². The van der Waals surface area contributed by atoms with Crippen LogP contribution in [0.25, 0.3) is 0 Å². The van der Waals surface area contributed by atoms with Crippen molar-refractivity contribution in [3.8, 4) is 0 Å². The van der Waals surface area contributed by atoms with Crippen LogP contribution < -0.4 is 4.90 Å². The molecule has 0 amide bonds. The molecule has 24 heavy (non-hydrogen) atoms. The maximum atomic E-state index is 9.20.